The topological polar surface area (TPSA) is 46.4 Å². The summed E-state index contributed by atoms with van der Waals surface area (Å²) in [6.45, 7) is -0.163. The van der Waals surface area contributed by atoms with Crippen molar-refractivity contribution in [3.05, 3.63) is 4.91 Å². The molecule has 0 saturated carbocycles. The van der Waals surface area contributed by atoms with Gasteiger partial charge in [0.2, 0.25) is 11.5 Å². The molecule has 0 spiro atoms. The zero-order valence-corrected chi connectivity index (χ0v) is 3.59. The largest absolute Gasteiger partial charge is 0.309 e. The molecule has 1 saturated heterocycles. The van der Waals surface area contributed by atoms with Crippen LogP contribution in [0.1, 0.15) is 0 Å². The summed E-state index contributed by atoms with van der Waals surface area (Å²) in [5, 5.41) is 0. The molecule has 1 rings (SSSR count). The molecule has 0 aliphatic carbocycles. The minimum Gasteiger partial charge on any atom is -0.288 e. The number of ketones is 1. The van der Waals surface area contributed by atoms with Crippen LogP contribution in [0.15, 0.2) is 0 Å². The molecular formula is C3H4NO3+. The van der Waals surface area contributed by atoms with E-state index in [1.165, 1.54) is 0 Å². The smallest absolute Gasteiger partial charge is 0.288 e. The van der Waals surface area contributed by atoms with Crippen LogP contribution in [0.2, 0.25) is 0 Å². The third-order valence-electron chi connectivity index (χ3n) is 0.675. The fourth-order valence-corrected chi connectivity index (χ4v) is 0.379. The first-order valence-electron chi connectivity index (χ1n) is 1.88. The van der Waals surface area contributed by atoms with Crippen LogP contribution in [-0.2, 0) is 9.63 Å². The standard InChI is InChI=1S/C3H4NO3/c5-3-1-4(6)7-2-3/h1-2H2/q+1. The normalized spacial score (nSPS) is 20.0. The van der Waals surface area contributed by atoms with Gasteiger partial charge in [0.05, 0.1) is 4.91 Å². The first-order chi connectivity index (χ1) is 3.29. The number of hydrogen-bond donors (Lipinski definition) is 0. The Morgan fingerprint density at radius 1 is 1.71 bits per heavy atom. The summed E-state index contributed by atoms with van der Waals surface area (Å²) < 4.78 is 0. The maximum atomic E-state index is 10.1. The summed E-state index contributed by atoms with van der Waals surface area (Å²) in [7, 11) is 0. The van der Waals surface area contributed by atoms with Crippen molar-refractivity contribution in [1.82, 2.24) is 0 Å². The van der Waals surface area contributed by atoms with Crippen LogP contribution in [0, 0.1) is 4.91 Å². The molecule has 4 nitrogen and oxygen atoms in total. The van der Waals surface area contributed by atoms with E-state index in [1.54, 1.807) is 0 Å². The fourth-order valence-electron chi connectivity index (χ4n) is 0.379. The predicted octanol–water partition coefficient (Wildman–Crippen LogP) is -0.720. The van der Waals surface area contributed by atoms with Crippen molar-refractivity contribution in [3.8, 4) is 0 Å². The lowest BCUT2D eigenvalue weighted by atomic mass is 10.5. The molecule has 0 radical (unpaired) electrons. The molecule has 1 fully saturated rings. The van der Waals surface area contributed by atoms with Gasteiger partial charge in [0, 0.05) is 0 Å². The maximum Gasteiger partial charge on any atom is 0.309 e. The molecule has 1 heterocycles. The van der Waals surface area contributed by atoms with Gasteiger partial charge in [0.15, 0.2) is 0 Å². The zero-order valence-electron chi connectivity index (χ0n) is 3.59. The van der Waals surface area contributed by atoms with Crippen molar-refractivity contribution < 1.29 is 14.6 Å². The average molecular weight is 102 g/mol. The lowest BCUT2D eigenvalue weighted by Gasteiger charge is -1.67. The maximum absolute atomic E-state index is 10.1. The van der Waals surface area contributed by atoms with Crippen LogP contribution >= 0.6 is 0 Å². The van der Waals surface area contributed by atoms with E-state index in [1.807, 2.05) is 0 Å². The van der Waals surface area contributed by atoms with Crippen molar-refractivity contribution in [2.24, 2.45) is 0 Å². The number of rotatable bonds is 0. The Hall–Kier alpha value is -0.930. The quantitative estimate of drug-likeness (QED) is 0.405. The van der Waals surface area contributed by atoms with Gasteiger partial charge >= 0.3 is 6.54 Å². The van der Waals surface area contributed by atoms with Gasteiger partial charge < -0.3 is 0 Å². The molecule has 0 amide bonds. The highest BCUT2D eigenvalue weighted by Gasteiger charge is 2.27. The fraction of sp³-hybridized carbons (Fsp3) is 0.667. The summed E-state index contributed by atoms with van der Waals surface area (Å²) in [6, 6.07) is 0. The zero-order chi connectivity index (χ0) is 5.28. The summed E-state index contributed by atoms with van der Waals surface area (Å²) >= 11 is 0. The molecule has 0 atom stereocenters. The monoisotopic (exact) mass is 102 g/mol. The number of Topliss-reactive ketones (excluding diaryl/α,β-unsaturated/α-hetero) is 1. The second kappa shape index (κ2) is 1.29. The van der Waals surface area contributed by atoms with Gasteiger partial charge in [0.1, 0.15) is 0 Å². The molecule has 0 aromatic rings. The van der Waals surface area contributed by atoms with Crippen molar-refractivity contribution in [1.29, 1.82) is 0 Å². The Bertz CT molecular complexity index is 105. The SMILES string of the molecule is O=C1CO[N+](=O)C1. The Morgan fingerprint density at radius 3 is 2.57 bits per heavy atom. The highest BCUT2D eigenvalue weighted by atomic mass is 16.8. The van der Waals surface area contributed by atoms with Gasteiger partial charge in [0.25, 0.3) is 5.78 Å². The van der Waals surface area contributed by atoms with Crippen molar-refractivity contribution >= 4 is 5.78 Å². The van der Waals surface area contributed by atoms with Gasteiger partial charge in [-0.3, -0.25) is 4.79 Å². The average Bonchev–Trinajstić information content (AvgIpc) is 1.87. The molecule has 7 heavy (non-hydrogen) atoms. The molecule has 4 heteroatoms. The van der Waals surface area contributed by atoms with Crippen molar-refractivity contribution in [2.45, 2.75) is 0 Å². The molecule has 0 unspecified atom stereocenters. The van der Waals surface area contributed by atoms with Gasteiger partial charge in [-0.2, -0.15) is 0 Å². The van der Waals surface area contributed by atoms with Crippen LogP contribution in [0.25, 0.3) is 0 Å². The second-order valence-corrected chi connectivity index (χ2v) is 1.30. The summed E-state index contributed by atoms with van der Waals surface area (Å²) in [6.07, 6.45) is 0. The Kier molecular flexibility index (Phi) is 0.780. The molecule has 0 N–H and O–H groups in total. The van der Waals surface area contributed by atoms with Crippen LogP contribution < -0.4 is 0 Å². The van der Waals surface area contributed by atoms with Crippen molar-refractivity contribution in [3.63, 3.8) is 0 Å². The van der Waals surface area contributed by atoms with Gasteiger partial charge in [-0.1, -0.05) is 0 Å². The van der Waals surface area contributed by atoms with Crippen LogP contribution in [0.3, 0.4) is 0 Å². The van der Waals surface area contributed by atoms with E-state index in [4.69, 9.17) is 0 Å². The summed E-state index contributed by atoms with van der Waals surface area (Å²) in [5.41, 5.74) is 0. The van der Waals surface area contributed by atoms with Gasteiger partial charge in [-0.05, 0) is 0 Å². The van der Waals surface area contributed by atoms with E-state index < -0.39 is 0 Å². The molecule has 0 aromatic heterocycles. The van der Waals surface area contributed by atoms with E-state index in [9.17, 15) is 9.70 Å². The summed E-state index contributed by atoms with van der Waals surface area (Å²) in [5.74, 6) is -0.157. The molecule has 0 bridgehead atoms. The molecule has 1 aliphatic heterocycles. The molecular weight excluding hydrogens is 98.0 g/mol. The van der Waals surface area contributed by atoms with E-state index in [0.717, 1.165) is 0 Å². The lowest BCUT2D eigenvalue weighted by molar-refractivity contribution is -0.778. The van der Waals surface area contributed by atoms with E-state index in [0.29, 0.717) is 0 Å². The Morgan fingerprint density at radius 2 is 2.43 bits per heavy atom. The summed E-state index contributed by atoms with van der Waals surface area (Å²) in [4.78, 5) is 24.5. The third kappa shape index (κ3) is 0.734. The van der Waals surface area contributed by atoms with Gasteiger partial charge in [-0.15, -0.1) is 0 Å². The van der Waals surface area contributed by atoms with Crippen molar-refractivity contribution in [2.75, 3.05) is 13.2 Å². The van der Waals surface area contributed by atoms with Gasteiger partial charge in [-0.25, -0.2) is 4.84 Å². The van der Waals surface area contributed by atoms with Crippen LogP contribution in [0.4, 0.5) is 0 Å². The highest BCUT2D eigenvalue weighted by Crippen LogP contribution is 1.89. The number of nitrogens with zero attached hydrogens (tertiary/aromatic N) is 1. The highest BCUT2D eigenvalue weighted by molar-refractivity contribution is 5.81. The molecule has 38 valence electrons. The molecule has 1 aliphatic rings. The predicted molar refractivity (Wildman–Crippen MR) is 19.5 cm³/mol. The van der Waals surface area contributed by atoms with E-state index in [2.05, 4.69) is 4.84 Å². The second-order valence-electron chi connectivity index (χ2n) is 1.30. The Balaban J connectivity index is 2.55. The van der Waals surface area contributed by atoms with E-state index in [-0.39, 0.29) is 23.9 Å². The number of carbonyl (C=O) groups is 1. The Labute approximate surface area is 39.6 Å². The third-order valence-corrected chi connectivity index (χ3v) is 0.675. The lowest BCUT2D eigenvalue weighted by Crippen LogP contribution is -2.02. The number of hydrogen-bond acceptors (Lipinski definition) is 3. The van der Waals surface area contributed by atoms with Crippen LogP contribution in [0.5, 0.6) is 0 Å². The van der Waals surface area contributed by atoms with Crippen LogP contribution in [-0.4, -0.2) is 23.9 Å². The number of carbonyl (C=O) groups excluding carboxylic acids is 1. The first kappa shape index (κ1) is 4.23. The minimum atomic E-state index is -0.157. The minimum absolute atomic E-state index is 0.0521. The van der Waals surface area contributed by atoms with E-state index >= 15 is 0 Å². The molecule has 0 aromatic carbocycles. The first-order valence-corrected chi connectivity index (χ1v) is 1.88.